The summed E-state index contributed by atoms with van der Waals surface area (Å²) in [5.41, 5.74) is -1.04. The summed E-state index contributed by atoms with van der Waals surface area (Å²) in [4.78, 5) is 12.1. The molecule has 7 heteroatoms. The number of anilines is 1. The molecule has 1 aromatic rings. The fourth-order valence-electron chi connectivity index (χ4n) is 1.61. The van der Waals surface area contributed by atoms with Crippen LogP contribution in [-0.2, 0) is 0 Å². The molecule has 0 bridgehead atoms. The summed E-state index contributed by atoms with van der Waals surface area (Å²) in [6.45, 7) is 1.57. The molecule has 0 aromatic heterocycles. The molecule has 0 unspecified atom stereocenters. The average molecular weight is 277 g/mol. The highest BCUT2D eigenvalue weighted by atomic mass is 19.3. The molecule has 0 fully saturated rings. The van der Waals surface area contributed by atoms with Gasteiger partial charge in [0, 0.05) is 11.6 Å². The van der Waals surface area contributed by atoms with Crippen molar-refractivity contribution >= 4 is 11.8 Å². The van der Waals surface area contributed by atoms with E-state index in [2.05, 4.69) is 4.74 Å². The molecule has 0 saturated heterocycles. The highest BCUT2D eigenvalue weighted by molar-refractivity contribution is 5.89. The highest BCUT2D eigenvalue weighted by Gasteiger charge is 2.31. The van der Waals surface area contributed by atoms with Crippen molar-refractivity contribution in [3.8, 4) is 5.75 Å². The van der Waals surface area contributed by atoms with Crippen LogP contribution in [0.3, 0.4) is 0 Å². The summed E-state index contributed by atoms with van der Waals surface area (Å²) < 4.78 is 41.8. The van der Waals surface area contributed by atoms with Gasteiger partial charge in [0.1, 0.15) is 5.82 Å². The highest BCUT2D eigenvalue weighted by Crippen LogP contribution is 2.34. The van der Waals surface area contributed by atoms with E-state index in [0.29, 0.717) is 0 Å². The quantitative estimate of drug-likeness (QED) is 0.916. The molecule has 0 radical (unpaired) electrons. The molecule has 0 aliphatic rings. The molecule has 0 saturated carbocycles. The van der Waals surface area contributed by atoms with Crippen molar-refractivity contribution in [2.24, 2.45) is 0 Å². The molecule has 0 aliphatic carbocycles. The van der Waals surface area contributed by atoms with Gasteiger partial charge in [0.15, 0.2) is 5.75 Å². The Kier molecular flexibility index (Phi) is 4.28. The van der Waals surface area contributed by atoms with Crippen LogP contribution < -0.4 is 9.64 Å². The number of benzene rings is 1. The third kappa shape index (κ3) is 3.77. The number of nitrogens with zero attached hydrogens (tertiary/aromatic N) is 1. The number of ether oxygens (including phenoxy) is 1. The van der Waals surface area contributed by atoms with Crippen LogP contribution in [0.2, 0.25) is 0 Å². The molecule has 4 nitrogen and oxygen atoms in total. The Morgan fingerprint density at radius 1 is 1.37 bits per heavy atom. The summed E-state index contributed by atoms with van der Waals surface area (Å²) in [5, 5.41) is 9.18. The zero-order valence-electron chi connectivity index (χ0n) is 10.7. The van der Waals surface area contributed by atoms with E-state index < -0.39 is 29.8 Å². The second-order valence-corrected chi connectivity index (χ2v) is 4.78. The third-order valence-corrected chi connectivity index (χ3v) is 2.24. The van der Waals surface area contributed by atoms with Gasteiger partial charge in [0.05, 0.1) is 5.69 Å². The molecule has 1 N–H and O–H groups in total. The van der Waals surface area contributed by atoms with Gasteiger partial charge in [-0.25, -0.2) is 9.18 Å². The van der Waals surface area contributed by atoms with E-state index in [1.165, 1.54) is 0 Å². The first kappa shape index (κ1) is 15.1. The van der Waals surface area contributed by atoms with Crippen LogP contribution in [0.4, 0.5) is 23.7 Å². The first-order chi connectivity index (χ1) is 8.62. The van der Waals surface area contributed by atoms with Crippen molar-refractivity contribution in [1.29, 1.82) is 0 Å². The van der Waals surface area contributed by atoms with Gasteiger partial charge < -0.3 is 9.84 Å². The lowest BCUT2D eigenvalue weighted by molar-refractivity contribution is -0.0497. The smallest absolute Gasteiger partial charge is 0.412 e. The van der Waals surface area contributed by atoms with Crippen molar-refractivity contribution in [1.82, 2.24) is 0 Å². The molecule has 0 heterocycles. The Hall–Kier alpha value is -1.92. The van der Waals surface area contributed by atoms with Crippen LogP contribution in [0.15, 0.2) is 18.2 Å². The second-order valence-electron chi connectivity index (χ2n) is 4.78. The standard InChI is InChI=1S/C12H14F3NO3/c1-12(2,3)16(11(17)18)8-5-4-7(13)6-9(8)19-10(14)15/h4-6,10H,1-3H3,(H,17,18). The lowest BCUT2D eigenvalue weighted by Crippen LogP contribution is -2.45. The molecular weight excluding hydrogens is 263 g/mol. The van der Waals surface area contributed by atoms with E-state index in [9.17, 15) is 23.1 Å². The van der Waals surface area contributed by atoms with E-state index in [1.54, 1.807) is 20.8 Å². The summed E-state index contributed by atoms with van der Waals surface area (Å²) in [6, 6.07) is 2.80. The van der Waals surface area contributed by atoms with Gasteiger partial charge in [-0.05, 0) is 32.9 Å². The van der Waals surface area contributed by atoms with Gasteiger partial charge in [-0.15, -0.1) is 0 Å². The lowest BCUT2D eigenvalue weighted by Gasteiger charge is -2.34. The minimum Gasteiger partial charge on any atom is -0.465 e. The minimum atomic E-state index is -3.17. The molecule has 0 atom stereocenters. The molecule has 0 aliphatic heterocycles. The number of rotatable bonds is 3. The average Bonchev–Trinajstić information content (AvgIpc) is 2.18. The first-order valence-corrected chi connectivity index (χ1v) is 5.40. The summed E-state index contributed by atoms with van der Waals surface area (Å²) in [5.74, 6) is -1.31. The maximum absolute atomic E-state index is 13.1. The second kappa shape index (κ2) is 5.38. The number of amides is 1. The molecule has 19 heavy (non-hydrogen) atoms. The van der Waals surface area contributed by atoms with Crippen molar-refractivity contribution < 1.29 is 27.8 Å². The summed E-state index contributed by atoms with van der Waals surface area (Å²) in [7, 11) is 0. The maximum atomic E-state index is 13.1. The number of carbonyl (C=O) groups is 1. The van der Waals surface area contributed by atoms with Crippen molar-refractivity contribution in [2.75, 3.05) is 4.90 Å². The largest absolute Gasteiger partial charge is 0.465 e. The Morgan fingerprint density at radius 3 is 2.37 bits per heavy atom. The topological polar surface area (TPSA) is 49.8 Å². The van der Waals surface area contributed by atoms with Crippen LogP contribution in [-0.4, -0.2) is 23.4 Å². The summed E-state index contributed by atoms with van der Waals surface area (Å²) >= 11 is 0. The maximum Gasteiger partial charge on any atom is 0.412 e. The number of alkyl halides is 2. The van der Waals surface area contributed by atoms with Gasteiger partial charge >= 0.3 is 12.7 Å². The van der Waals surface area contributed by atoms with E-state index in [1.807, 2.05) is 0 Å². The predicted octanol–water partition coefficient (Wildman–Crippen LogP) is 3.71. The molecule has 1 amide bonds. The molecular formula is C12H14F3NO3. The van der Waals surface area contributed by atoms with E-state index in [0.717, 1.165) is 23.1 Å². The molecule has 106 valence electrons. The number of carboxylic acid groups (broad SMARTS) is 1. The molecule has 0 spiro atoms. The van der Waals surface area contributed by atoms with Crippen LogP contribution in [0.5, 0.6) is 5.75 Å². The lowest BCUT2D eigenvalue weighted by atomic mass is 10.1. The number of halogens is 3. The normalized spacial score (nSPS) is 11.5. The molecule has 1 rings (SSSR count). The van der Waals surface area contributed by atoms with Gasteiger partial charge in [0.25, 0.3) is 0 Å². The van der Waals surface area contributed by atoms with E-state index in [4.69, 9.17) is 0 Å². The number of hydrogen-bond donors (Lipinski definition) is 1. The SMILES string of the molecule is CC(C)(C)N(C(=O)O)c1ccc(F)cc1OC(F)F. The van der Waals surface area contributed by atoms with Gasteiger partial charge in [-0.3, -0.25) is 4.90 Å². The zero-order valence-corrected chi connectivity index (χ0v) is 10.7. The van der Waals surface area contributed by atoms with Crippen LogP contribution >= 0.6 is 0 Å². The fourth-order valence-corrected chi connectivity index (χ4v) is 1.61. The Balaban J connectivity index is 3.34. The Bertz CT molecular complexity index is 472. The van der Waals surface area contributed by atoms with Crippen molar-refractivity contribution in [2.45, 2.75) is 32.9 Å². The van der Waals surface area contributed by atoms with Crippen LogP contribution in [0.1, 0.15) is 20.8 Å². The van der Waals surface area contributed by atoms with Gasteiger partial charge in [0.2, 0.25) is 0 Å². The number of hydrogen-bond acceptors (Lipinski definition) is 2. The Labute approximate surface area is 108 Å². The Morgan fingerprint density at radius 2 is 1.95 bits per heavy atom. The van der Waals surface area contributed by atoms with Crippen molar-refractivity contribution in [3.63, 3.8) is 0 Å². The fraction of sp³-hybridized carbons (Fsp3) is 0.417. The van der Waals surface area contributed by atoms with Crippen LogP contribution in [0.25, 0.3) is 0 Å². The third-order valence-electron chi connectivity index (χ3n) is 2.24. The van der Waals surface area contributed by atoms with E-state index in [-0.39, 0.29) is 5.69 Å². The predicted molar refractivity (Wildman–Crippen MR) is 63.3 cm³/mol. The zero-order chi connectivity index (χ0) is 14.8. The van der Waals surface area contributed by atoms with E-state index >= 15 is 0 Å². The van der Waals surface area contributed by atoms with Gasteiger partial charge in [-0.1, -0.05) is 0 Å². The minimum absolute atomic E-state index is 0.137. The van der Waals surface area contributed by atoms with Crippen molar-refractivity contribution in [3.05, 3.63) is 24.0 Å². The van der Waals surface area contributed by atoms with Gasteiger partial charge in [-0.2, -0.15) is 8.78 Å². The monoisotopic (exact) mass is 277 g/mol. The molecule has 1 aromatic carbocycles. The van der Waals surface area contributed by atoms with Crippen LogP contribution in [0, 0.1) is 5.82 Å². The summed E-state index contributed by atoms with van der Waals surface area (Å²) in [6.07, 6.45) is -1.35. The first-order valence-electron chi connectivity index (χ1n) is 5.40.